The fourth-order valence-electron chi connectivity index (χ4n) is 0.137. The Balaban J connectivity index is 2.47. The predicted molar refractivity (Wildman–Crippen MR) is 23.7 cm³/mol. The van der Waals surface area contributed by atoms with E-state index in [1.54, 1.807) is 0 Å². The Kier molecular flexibility index (Phi) is 0.741. The van der Waals surface area contributed by atoms with Crippen molar-refractivity contribution in [1.82, 2.24) is 0 Å². The van der Waals surface area contributed by atoms with Crippen LogP contribution in [0.15, 0.2) is 0 Å². The third-order valence-electron chi connectivity index (χ3n) is 0.596. The highest BCUT2D eigenvalue weighted by molar-refractivity contribution is 9.10. The van der Waals surface area contributed by atoms with Crippen LogP contribution in [0.3, 0.4) is 0 Å². The number of halogens is 1. The quantitative estimate of drug-likeness (QED) is 0.306. The van der Waals surface area contributed by atoms with Gasteiger partial charge in [0.05, 0.1) is 6.61 Å². The zero-order chi connectivity index (χ0) is 4.62. The summed E-state index contributed by atoms with van der Waals surface area (Å²) in [4.78, 5) is 9.72. The Hall–Kier alpha value is 0.110. The number of alkyl halides is 1. The van der Waals surface area contributed by atoms with Crippen LogP contribution >= 0.6 is 15.9 Å². The first-order chi connectivity index (χ1) is 2.77. The molecule has 6 heavy (non-hydrogen) atoms. The number of carbonyl (C=O) groups excluding carboxylic acids is 1. The molecule has 0 aromatic carbocycles. The van der Waals surface area contributed by atoms with Crippen molar-refractivity contribution in [2.45, 2.75) is 4.51 Å². The lowest BCUT2D eigenvalue weighted by atomic mass is 10.6. The molecule has 0 aromatic heterocycles. The number of epoxide rings is 1. The van der Waals surface area contributed by atoms with E-state index in [2.05, 4.69) is 20.7 Å². The van der Waals surface area contributed by atoms with E-state index >= 15 is 0 Å². The van der Waals surface area contributed by atoms with Gasteiger partial charge in [-0.3, -0.25) is 4.79 Å². The van der Waals surface area contributed by atoms with Crippen LogP contribution in [0.2, 0.25) is 0 Å². The first-order valence-corrected chi connectivity index (χ1v) is 2.35. The van der Waals surface area contributed by atoms with Crippen molar-refractivity contribution >= 4 is 22.2 Å². The fraction of sp³-hybridized carbons (Fsp3) is 0.667. The maximum Gasteiger partial charge on any atom is 0.201 e. The van der Waals surface area contributed by atoms with Gasteiger partial charge in [0, 0.05) is 0 Å². The summed E-state index contributed by atoms with van der Waals surface area (Å²) in [5, 5.41) is 0. The van der Waals surface area contributed by atoms with Gasteiger partial charge in [-0.1, -0.05) is 0 Å². The fourth-order valence-corrected chi connectivity index (χ4v) is 0.251. The van der Waals surface area contributed by atoms with E-state index in [1.807, 2.05) is 0 Å². The molecule has 1 rings (SSSR count). The molecule has 1 aliphatic heterocycles. The molecule has 0 radical (unpaired) electrons. The molecule has 2 nitrogen and oxygen atoms in total. The van der Waals surface area contributed by atoms with Gasteiger partial charge in [0.15, 0.2) is 6.29 Å². The lowest BCUT2D eigenvalue weighted by Gasteiger charge is -1.78. The number of aldehydes is 1. The summed E-state index contributed by atoms with van der Waals surface area (Å²) < 4.78 is 4.02. The first-order valence-electron chi connectivity index (χ1n) is 1.56. The van der Waals surface area contributed by atoms with Crippen molar-refractivity contribution in [3.8, 4) is 0 Å². The van der Waals surface area contributed by atoms with E-state index in [9.17, 15) is 4.79 Å². The predicted octanol–water partition coefficient (Wildman–Crippen LogP) is 0.307. The van der Waals surface area contributed by atoms with Crippen molar-refractivity contribution in [1.29, 1.82) is 0 Å². The van der Waals surface area contributed by atoms with Crippen molar-refractivity contribution in [3.63, 3.8) is 0 Å². The minimum absolute atomic E-state index is 0.524. The Morgan fingerprint density at radius 1 is 2.00 bits per heavy atom. The molecular weight excluding hydrogens is 148 g/mol. The molecule has 1 fully saturated rings. The van der Waals surface area contributed by atoms with E-state index in [4.69, 9.17) is 0 Å². The van der Waals surface area contributed by atoms with Gasteiger partial charge in [-0.25, -0.2) is 0 Å². The molecule has 0 saturated carbocycles. The van der Waals surface area contributed by atoms with Crippen LogP contribution in [0.4, 0.5) is 0 Å². The Bertz CT molecular complexity index is 76.9. The van der Waals surface area contributed by atoms with E-state index in [-0.39, 0.29) is 0 Å². The van der Waals surface area contributed by atoms with Gasteiger partial charge in [-0.2, -0.15) is 0 Å². The van der Waals surface area contributed by atoms with Gasteiger partial charge in [-0.15, -0.1) is 0 Å². The largest absolute Gasteiger partial charge is 0.350 e. The van der Waals surface area contributed by atoms with E-state index < -0.39 is 4.51 Å². The molecule has 1 atom stereocenters. The van der Waals surface area contributed by atoms with Crippen molar-refractivity contribution < 1.29 is 9.53 Å². The van der Waals surface area contributed by atoms with Crippen molar-refractivity contribution in [2.75, 3.05) is 6.61 Å². The standard InChI is InChI=1S/C3H3BrO2/c4-3(1-5)2-6-3/h1H,2H2. The molecule has 0 N–H and O–H groups in total. The molecule has 3 heteroatoms. The third-order valence-corrected chi connectivity index (χ3v) is 1.24. The van der Waals surface area contributed by atoms with Gasteiger partial charge in [-0.05, 0) is 15.9 Å². The summed E-state index contributed by atoms with van der Waals surface area (Å²) in [5.74, 6) is 0. The molecule has 0 aliphatic carbocycles. The molecule has 1 heterocycles. The topological polar surface area (TPSA) is 29.6 Å². The molecule has 0 spiro atoms. The highest BCUT2D eigenvalue weighted by Gasteiger charge is 2.41. The van der Waals surface area contributed by atoms with Gasteiger partial charge in [0.2, 0.25) is 4.51 Å². The number of ether oxygens (including phenoxy) is 1. The zero-order valence-electron chi connectivity index (χ0n) is 2.98. The van der Waals surface area contributed by atoms with Gasteiger partial charge in [0.1, 0.15) is 0 Å². The Labute approximate surface area is 43.6 Å². The molecule has 1 aliphatic rings. The smallest absolute Gasteiger partial charge is 0.201 e. The maximum absolute atomic E-state index is 9.72. The minimum Gasteiger partial charge on any atom is -0.350 e. The Morgan fingerprint density at radius 3 is 2.50 bits per heavy atom. The van der Waals surface area contributed by atoms with Gasteiger partial charge >= 0.3 is 0 Å². The van der Waals surface area contributed by atoms with Crippen molar-refractivity contribution in [3.05, 3.63) is 0 Å². The van der Waals surface area contributed by atoms with Crippen LogP contribution in [0.5, 0.6) is 0 Å². The van der Waals surface area contributed by atoms with Crippen LogP contribution in [-0.2, 0) is 9.53 Å². The summed E-state index contributed by atoms with van der Waals surface area (Å²) in [6.07, 6.45) is 0.743. The number of hydrogen-bond acceptors (Lipinski definition) is 2. The normalized spacial score (nSPS) is 42.2. The molecule has 0 aromatic rings. The summed E-state index contributed by atoms with van der Waals surface area (Å²) in [6, 6.07) is 0. The third kappa shape index (κ3) is 0.604. The van der Waals surface area contributed by atoms with Crippen LogP contribution in [-0.4, -0.2) is 17.4 Å². The summed E-state index contributed by atoms with van der Waals surface area (Å²) >= 11 is 3.00. The number of carbonyl (C=O) groups is 1. The van der Waals surface area contributed by atoms with E-state index in [0.717, 1.165) is 6.29 Å². The molecule has 1 saturated heterocycles. The Morgan fingerprint density at radius 2 is 2.50 bits per heavy atom. The lowest BCUT2D eigenvalue weighted by molar-refractivity contribution is -0.109. The molecule has 34 valence electrons. The summed E-state index contributed by atoms with van der Waals surface area (Å²) in [7, 11) is 0. The lowest BCUT2D eigenvalue weighted by Crippen LogP contribution is -1.97. The van der Waals surface area contributed by atoms with Gasteiger partial charge < -0.3 is 4.74 Å². The zero-order valence-corrected chi connectivity index (χ0v) is 4.56. The monoisotopic (exact) mass is 150 g/mol. The molecular formula is C3H3BrO2. The first kappa shape index (κ1) is 4.27. The second-order valence-electron chi connectivity index (χ2n) is 1.19. The highest BCUT2D eigenvalue weighted by Crippen LogP contribution is 2.30. The summed E-state index contributed by atoms with van der Waals surface area (Å²) in [6.45, 7) is 0.524. The van der Waals surface area contributed by atoms with E-state index in [0.29, 0.717) is 6.61 Å². The van der Waals surface area contributed by atoms with Crippen molar-refractivity contribution in [2.24, 2.45) is 0 Å². The average molecular weight is 151 g/mol. The number of hydrogen-bond donors (Lipinski definition) is 0. The molecule has 0 bridgehead atoms. The second kappa shape index (κ2) is 1.04. The number of rotatable bonds is 1. The SMILES string of the molecule is O=CC1(Br)CO1. The van der Waals surface area contributed by atoms with Crippen LogP contribution in [0, 0.1) is 0 Å². The van der Waals surface area contributed by atoms with Crippen LogP contribution < -0.4 is 0 Å². The van der Waals surface area contributed by atoms with Crippen LogP contribution in [0.1, 0.15) is 0 Å². The average Bonchev–Trinajstić information content (AvgIpc) is 2.22. The van der Waals surface area contributed by atoms with E-state index in [1.165, 1.54) is 0 Å². The highest BCUT2D eigenvalue weighted by atomic mass is 79.9. The van der Waals surface area contributed by atoms with Gasteiger partial charge in [0.25, 0.3) is 0 Å². The van der Waals surface area contributed by atoms with Crippen LogP contribution in [0.25, 0.3) is 0 Å². The summed E-state index contributed by atoms with van der Waals surface area (Å²) in [5.41, 5.74) is 0. The molecule has 0 amide bonds. The molecule has 1 unspecified atom stereocenters. The second-order valence-corrected chi connectivity index (χ2v) is 2.54. The minimum atomic E-state index is -0.576. The maximum atomic E-state index is 9.72.